The molecule has 3 aromatic rings. The number of hydrogen-bond donors (Lipinski definition) is 3. The molecule has 2 amide bonds. The lowest BCUT2D eigenvalue weighted by molar-refractivity contribution is 0.0945. The zero-order valence-electron chi connectivity index (χ0n) is 17.0. The van der Waals surface area contributed by atoms with Crippen LogP contribution in [0, 0.1) is 0 Å². The highest BCUT2D eigenvalue weighted by atomic mass is 32.1. The molecule has 0 saturated carbocycles. The standard InChI is InChI=1S/C23H23N3O4S/c1-2-13-30-20-8-4-3-7-19(20)22(28)26-23(31)25-17-11-9-16(10-12-17)21(27)24-15-18-6-5-14-29-18/h3-12,14H,2,13,15H2,1H3,(H,24,27)(H2,25,26,28,31). The Morgan fingerprint density at radius 3 is 2.48 bits per heavy atom. The number of rotatable bonds is 8. The minimum absolute atomic E-state index is 0.144. The van der Waals surface area contributed by atoms with Gasteiger partial charge in [0.05, 0.1) is 25.0 Å². The SMILES string of the molecule is CCCOc1ccccc1C(=O)NC(=S)Nc1ccc(C(=O)NCc2ccco2)cc1. The molecule has 0 spiro atoms. The smallest absolute Gasteiger partial charge is 0.261 e. The van der Waals surface area contributed by atoms with Gasteiger partial charge in [-0.05, 0) is 67.2 Å². The number of hydrogen-bond acceptors (Lipinski definition) is 5. The molecule has 0 aliphatic heterocycles. The summed E-state index contributed by atoms with van der Waals surface area (Å²) in [7, 11) is 0. The van der Waals surface area contributed by atoms with E-state index in [4.69, 9.17) is 21.4 Å². The molecule has 1 aromatic heterocycles. The van der Waals surface area contributed by atoms with Crippen LogP contribution in [0.25, 0.3) is 0 Å². The van der Waals surface area contributed by atoms with Crippen LogP contribution >= 0.6 is 12.2 Å². The minimum atomic E-state index is -0.363. The first-order valence-corrected chi connectivity index (χ1v) is 10.2. The van der Waals surface area contributed by atoms with Crippen LogP contribution in [0.4, 0.5) is 5.69 Å². The topological polar surface area (TPSA) is 92.6 Å². The summed E-state index contributed by atoms with van der Waals surface area (Å²) in [4.78, 5) is 24.8. The Kier molecular flexibility index (Phi) is 7.78. The van der Waals surface area contributed by atoms with E-state index in [1.807, 2.05) is 13.0 Å². The molecule has 0 saturated heterocycles. The molecule has 160 valence electrons. The van der Waals surface area contributed by atoms with E-state index in [9.17, 15) is 9.59 Å². The van der Waals surface area contributed by atoms with Crippen molar-refractivity contribution in [2.75, 3.05) is 11.9 Å². The van der Waals surface area contributed by atoms with E-state index in [0.717, 1.165) is 6.42 Å². The Hall–Kier alpha value is -3.65. The molecule has 0 bridgehead atoms. The molecule has 3 N–H and O–H groups in total. The third-order valence-electron chi connectivity index (χ3n) is 4.23. The summed E-state index contributed by atoms with van der Waals surface area (Å²) in [6, 6.07) is 17.3. The molecule has 0 unspecified atom stereocenters. The number of anilines is 1. The highest BCUT2D eigenvalue weighted by Crippen LogP contribution is 2.18. The monoisotopic (exact) mass is 437 g/mol. The van der Waals surface area contributed by atoms with Gasteiger partial charge in [0.15, 0.2) is 5.11 Å². The third-order valence-corrected chi connectivity index (χ3v) is 4.43. The van der Waals surface area contributed by atoms with Gasteiger partial charge < -0.3 is 19.8 Å². The van der Waals surface area contributed by atoms with Crippen molar-refractivity contribution in [1.29, 1.82) is 0 Å². The molecule has 0 atom stereocenters. The van der Waals surface area contributed by atoms with Gasteiger partial charge in [0.2, 0.25) is 0 Å². The average Bonchev–Trinajstić information content (AvgIpc) is 3.30. The number of benzene rings is 2. The van der Waals surface area contributed by atoms with Crippen molar-refractivity contribution >= 4 is 34.8 Å². The summed E-state index contributed by atoms with van der Waals surface area (Å²) in [5.41, 5.74) is 1.54. The molecule has 3 rings (SSSR count). The summed E-state index contributed by atoms with van der Waals surface area (Å²) in [5.74, 6) is 0.601. The molecular weight excluding hydrogens is 414 g/mol. The molecule has 8 heteroatoms. The number of nitrogens with one attached hydrogen (secondary N) is 3. The van der Waals surface area contributed by atoms with Crippen molar-refractivity contribution in [2.24, 2.45) is 0 Å². The maximum Gasteiger partial charge on any atom is 0.261 e. The molecule has 31 heavy (non-hydrogen) atoms. The normalized spacial score (nSPS) is 10.2. The molecule has 0 radical (unpaired) electrons. The van der Waals surface area contributed by atoms with Gasteiger partial charge in [0, 0.05) is 11.3 Å². The lowest BCUT2D eigenvalue weighted by Gasteiger charge is -2.13. The van der Waals surface area contributed by atoms with Crippen molar-refractivity contribution in [3.05, 3.63) is 83.8 Å². The lowest BCUT2D eigenvalue weighted by atomic mass is 10.2. The summed E-state index contributed by atoms with van der Waals surface area (Å²) < 4.78 is 10.8. The van der Waals surface area contributed by atoms with Gasteiger partial charge in [0.1, 0.15) is 11.5 Å². The Labute approximate surface area is 185 Å². The van der Waals surface area contributed by atoms with Crippen LogP contribution in [0.3, 0.4) is 0 Å². The van der Waals surface area contributed by atoms with E-state index in [1.165, 1.54) is 0 Å². The number of thiocarbonyl (C=S) groups is 1. The molecule has 0 aliphatic rings. The van der Waals surface area contributed by atoms with E-state index in [-0.39, 0.29) is 16.9 Å². The number of furan rings is 1. The molecule has 7 nitrogen and oxygen atoms in total. The maximum absolute atomic E-state index is 12.6. The van der Waals surface area contributed by atoms with Crippen LogP contribution in [-0.2, 0) is 6.54 Å². The van der Waals surface area contributed by atoms with Crippen molar-refractivity contribution < 1.29 is 18.7 Å². The first-order valence-electron chi connectivity index (χ1n) is 9.81. The zero-order valence-corrected chi connectivity index (χ0v) is 17.8. The Morgan fingerprint density at radius 2 is 1.77 bits per heavy atom. The molecule has 0 fully saturated rings. The van der Waals surface area contributed by atoms with Gasteiger partial charge >= 0.3 is 0 Å². The number of para-hydroxylation sites is 1. The second-order valence-corrected chi connectivity index (χ2v) is 7.00. The molecule has 0 aliphatic carbocycles. The highest BCUT2D eigenvalue weighted by Gasteiger charge is 2.14. The van der Waals surface area contributed by atoms with Gasteiger partial charge in [-0.25, -0.2) is 0 Å². The average molecular weight is 438 g/mol. The van der Waals surface area contributed by atoms with Crippen LogP contribution in [0.5, 0.6) is 5.75 Å². The van der Waals surface area contributed by atoms with Crippen molar-refractivity contribution in [1.82, 2.24) is 10.6 Å². The minimum Gasteiger partial charge on any atom is -0.493 e. The number of amides is 2. The Morgan fingerprint density at radius 1 is 1.00 bits per heavy atom. The van der Waals surface area contributed by atoms with E-state index >= 15 is 0 Å². The summed E-state index contributed by atoms with van der Waals surface area (Å²) in [6.45, 7) is 2.83. The molecule has 2 aromatic carbocycles. The predicted octanol–water partition coefficient (Wildman–Crippen LogP) is 4.13. The van der Waals surface area contributed by atoms with Crippen molar-refractivity contribution in [3.8, 4) is 5.75 Å². The quantitative estimate of drug-likeness (QED) is 0.459. The summed E-state index contributed by atoms with van der Waals surface area (Å²) >= 11 is 5.24. The fourth-order valence-electron chi connectivity index (χ4n) is 2.71. The summed E-state index contributed by atoms with van der Waals surface area (Å²) in [6.07, 6.45) is 2.40. The Bertz CT molecular complexity index is 1030. The first-order chi connectivity index (χ1) is 15.1. The van der Waals surface area contributed by atoms with Crippen LogP contribution in [0.2, 0.25) is 0 Å². The Balaban J connectivity index is 1.53. The molecule has 1 heterocycles. The van der Waals surface area contributed by atoms with Crippen LogP contribution in [0.15, 0.2) is 71.3 Å². The maximum atomic E-state index is 12.6. The highest BCUT2D eigenvalue weighted by molar-refractivity contribution is 7.80. The number of ether oxygens (including phenoxy) is 1. The van der Waals surface area contributed by atoms with Crippen molar-refractivity contribution in [2.45, 2.75) is 19.9 Å². The number of carbonyl (C=O) groups excluding carboxylic acids is 2. The van der Waals surface area contributed by atoms with E-state index < -0.39 is 0 Å². The van der Waals surface area contributed by atoms with Crippen LogP contribution in [0.1, 0.15) is 39.8 Å². The second-order valence-electron chi connectivity index (χ2n) is 6.59. The fourth-order valence-corrected chi connectivity index (χ4v) is 2.92. The van der Waals surface area contributed by atoms with Crippen LogP contribution in [-0.4, -0.2) is 23.5 Å². The van der Waals surface area contributed by atoms with Gasteiger partial charge in [-0.2, -0.15) is 0 Å². The van der Waals surface area contributed by atoms with Gasteiger partial charge in [-0.15, -0.1) is 0 Å². The van der Waals surface area contributed by atoms with E-state index in [1.54, 1.807) is 60.9 Å². The second kappa shape index (κ2) is 10.9. The fraction of sp³-hybridized carbons (Fsp3) is 0.174. The van der Waals surface area contributed by atoms with Gasteiger partial charge in [0.25, 0.3) is 11.8 Å². The first kappa shape index (κ1) is 22.0. The van der Waals surface area contributed by atoms with E-state index in [2.05, 4.69) is 16.0 Å². The van der Waals surface area contributed by atoms with Gasteiger partial charge in [-0.1, -0.05) is 19.1 Å². The van der Waals surface area contributed by atoms with Gasteiger partial charge in [-0.3, -0.25) is 14.9 Å². The summed E-state index contributed by atoms with van der Waals surface area (Å²) in [5, 5.41) is 8.51. The van der Waals surface area contributed by atoms with E-state index in [0.29, 0.717) is 41.5 Å². The van der Waals surface area contributed by atoms with Crippen molar-refractivity contribution in [3.63, 3.8) is 0 Å². The molecular formula is C23H23N3O4S. The largest absolute Gasteiger partial charge is 0.493 e. The van der Waals surface area contributed by atoms with Crippen LogP contribution < -0.4 is 20.7 Å². The predicted molar refractivity (Wildman–Crippen MR) is 122 cm³/mol. The lowest BCUT2D eigenvalue weighted by Crippen LogP contribution is -2.34. The third kappa shape index (κ3) is 6.42. The number of carbonyl (C=O) groups is 2. The zero-order chi connectivity index (χ0) is 22.1.